The van der Waals surface area contributed by atoms with E-state index in [1.54, 1.807) is 18.3 Å². The summed E-state index contributed by atoms with van der Waals surface area (Å²) in [6.45, 7) is 0. The van der Waals surface area contributed by atoms with Gasteiger partial charge in [0.2, 0.25) is 5.91 Å². The molecule has 1 amide bonds. The Kier molecular flexibility index (Phi) is 6.30. The minimum Gasteiger partial charge on any atom is -0.366 e. The molecule has 1 aromatic heterocycles. The van der Waals surface area contributed by atoms with Crippen LogP contribution in [0, 0.1) is 0 Å². The first kappa shape index (κ1) is 16.9. The lowest BCUT2D eigenvalue weighted by Crippen LogP contribution is -2.10. The molecule has 0 aromatic carbocycles. The SMILES string of the molecule is NC(=O)c1cccnc1.O=P(O)(O)OP(=O)(O)O. The molecular formula is C6H10N2O8P2. The first-order valence-corrected chi connectivity index (χ1v) is 7.09. The van der Waals surface area contributed by atoms with Crippen molar-refractivity contribution >= 4 is 21.6 Å². The summed E-state index contributed by atoms with van der Waals surface area (Å²) >= 11 is 0. The molecule has 1 heterocycles. The number of nitrogens with zero attached hydrogens (tertiary/aromatic N) is 1. The summed E-state index contributed by atoms with van der Waals surface area (Å²) in [6, 6.07) is 3.29. The Morgan fingerprint density at radius 1 is 1.22 bits per heavy atom. The van der Waals surface area contributed by atoms with Crippen LogP contribution in [-0.4, -0.2) is 30.5 Å². The van der Waals surface area contributed by atoms with Gasteiger partial charge in [0.15, 0.2) is 0 Å². The second-order valence-electron chi connectivity index (χ2n) is 2.67. The molecule has 0 bridgehead atoms. The predicted molar refractivity (Wildman–Crippen MR) is 57.9 cm³/mol. The second kappa shape index (κ2) is 6.72. The van der Waals surface area contributed by atoms with Crippen molar-refractivity contribution in [2.45, 2.75) is 0 Å². The number of pyridine rings is 1. The van der Waals surface area contributed by atoms with Crippen LogP contribution in [0.5, 0.6) is 0 Å². The van der Waals surface area contributed by atoms with Gasteiger partial charge in [-0.2, -0.15) is 4.31 Å². The highest BCUT2D eigenvalue weighted by Gasteiger charge is 2.27. The molecule has 0 unspecified atom stereocenters. The molecule has 0 saturated heterocycles. The highest BCUT2D eigenvalue weighted by molar-refractivity contribution is 7.60. The molecule has 0 spiro atoms. The number of hydrogen-bond donors (Lipinski definition) is 5. The van der Waals surface area contributed by atoms with Gasteiger partial charge >= 0.3 is 15.6 Å². The molecule has 0 saturated carbocycles. The monoisotopic (exact) mass is 300 g/mol. The van der Waals surface area contributed by atoms with Gasteiger partial charge in [-0.15, -0.1) is 0 Å². The van der Waals surface area contributed by atoms with E-state index >= 15 is 0 Å². The molecule has 6 N–H and O–H groups in total. The zero-order valence-electron chi connectivity index (χ0n) is 8.65. The van der Waals surface area contributed by atoms with Crippen LogP contribution in [0.25, 0.3) is 0 Å². The lowest BCUT2D eigenvalue weighted by Gasteiger charge is -2.03. The van der Waals surface area contributed by atoms with Crippen molar-refractivity contribution in [3.63, 3.8) is 0 Å². The lowest BCUT2D eigenvalue weighted by atomic mass is 10.3. The van der Waals surface area contributed by atoms with Crippen LogP contribution in [0.3, 0.4) is 0 Å². The summed E-state index contributed by atoms with van der Waals surface area (Å²) in [4.78, 5) is 45.1. The Balaban J connectivity index is 0.000000321. The lowest BCUT2D eigenvalue weighted by molar-refractivity contribution is 0.0999. The van der Waals surface area contributed by atoms with Gasteiger partial charge in [-0.05, 0) is 12.1 Å². The van der Waals surface area contributed by atoms with Crippen LogP contribution in [0.1, 0.15) is 10.4 Å². The fourth-order valence-electron chi connectivity index (χ4n) is 0.647. The third kappa shape index (κ3) is 10.1. The molecule has 0 aliphatic carbocycles. The number of nitrogens with two attached hydrogens (primary N) is 1. The van der Waals surface area contributed by atoms with E-state index in [0.29, 0.717) is 5.56 Å². The first-order valence-electron chi connectivity index (χ1n) is 4.03. The molecule has 1 rings (SSSR count). The van der Waals surface area contributed by atoms with Crippen LogP contribution in [0.2, 0.25) is 0 Å². The normalized spacial score (nSPS) is 11.3. The smallest absolute Gasteiger partial charge is 0.366 e. The average molecular weight is 300 g/mol. The van der Waals surface area contributed by atoms with Crippen molar-refractivity contribution < 1.29 is 37.8 Å². The van der Waals surface area contributed by atoms with Crippen LogP contribution >= 0.6 is 15.6 Å². The summed E-state index contributed by atoms with van der Waals surface area (Å²) in [5, 5.41) is 0. The zero-order chi connectivity index (χ0) is 14.4. The maximum atomic E-state index is 10.4. The molecule has 1 aromatic rings. The van der Waals surface area contributed by atoms with Crippen molar-refractivity contribution in [3.05, 3.63) is 30.1 Å². The number of carbonyl (C=O) groups excluding carboxylic acids is 1. The Hall–Kier alpha value is -1.12. The summed E-state index contributed by atoms with van der Waals surface area (Å²) < 4.78 is 22.2. The first-order chi connectivity index (χ1) is 8.01. The van der Waals surface area contributed by atoms with Crippen molar-refractivity contribution in [1.29, 1.82) is 0 Å². The Morgan fingerprint density at radius 3 is 1.89 bits per heavy atom. The van der Waals surface area contributed by atoms with Crippen LogP contribution in [0.4, 0.5) is 0 Å². The van der Waals surface area contributed by atoms with Crippen molar-refractivity contribution in [2.24, 2.45) is 5.73 Å². The van der Waals surface area contributed by atoms with E-state index in [0.717, 1.165) is 0 Å². The van der Waals surface area contributed by atoms with E-state index in [2.05, 4.69) is 9.29 Å². The maximum Gasteiger partial charge on any atom is 0.478 e. The van der Waals surface area contributed by atoms with Crippen LogP contribution in [-0.2, 0) is 13.4 Å². The number of primary amides is 1. The third-order valence-corrected chi connectivity index (χ3v) is 2.86. The van der Waals surface area contributed by atoms with Crippen LogP contribution in [0.15, 0.2) is 24.5 Å². The molecule has 0 aliphatic heterocycles. The van der Waals surface area contributed by atoms with Crippen LogP contribution < -0.4 is 5.73 Å². The highest BCUT2D eigenvalue weighted by Crippen LogP contribution is 2.53. The molecule has 18 heavy (non-hydrogen) atoms. The topological polar surface area (TPSA) is 180 Å². The number of carbonyl (C=O) groups is 1. The molecule has 0 fully saturated rings. The van der Waals surface area contributed by atoms with Gasteiger partial charge in [0.1, 0.15) is 0 Å². The largest absolute Gasteiger partial charge is 0.478 e. The molecule has 10 nitrogen and oxygen atoms in total. The van der Waals surface area contributed by atoms with E-state index in [9.17, 15) is 13.9 Å². The minimum atomic E-state index is -5.05. The Bertz CT molecular complexity index is 460. The Labute approximate surface area is 101 Å². The average Bonchev–Trinajstić information content (AvgIpc) is 2.14. The van der Waals surface area contributed by atoms with E-state index in [1.165, 1.54) is 6.20 Å². The van der Waals surface area contributed by atoms with Gasteiger partial charge in [-0.3, -0.25) is 9.78 Å². The number of amides is 1. The fourth-order valence-corrected chi connectivity index (χ4v) is 1.76. The van der Waals surface area contributed by atoms with Crippen molar-refractivity contribution in [2.75, 3.05) is 0 Å². The summed E-state index contributed by atoms with van der Waals surface area (Å²) in [5.41, 5.74) is 5.38. The van der Waals surface area contributed by atoms with E-state index in [-0.39, 0.29) is 0 Å². The van der Waals surface area contributed by atoms with E-state index < -0.39 is 21.6 Å². The quantitative estimate of drug-likeness (QED) is 0.454. The van der Waals surface area contributed by atoms with Gasteiger partial charge in [-0.1, -0.05) is 0 Å². The van der Waals surface area contributed by atoms with Gasteiger partial charge in [0.05, 0.1) is 5.56 Å². The highest BCUT2D eigenvalue weighted by atomic mass is 31.3. The van der Waals surface area contributed by atoms with Crippen molar-refractivity contribution in [3.8, 4) is 0 Å². The van der Waals surface area contributed by atoms with Gasteiger partial charge in [0.25, 0.3) is 0 Å². The van der Waals surface area contributed by atoms with Gasteiger partial charge < -0.3 is 25.3 Å². The maximum absolute atomic E-state index is 10.4. The molecule has 0 atom stereocenters. The number of aromatic nitrogens is 1. The summed E-state index contributed by atoms with van der Waals surface area (Å²) in [5.74, 6) is -0.442. The van der Waals surface area contributed by atoms with Gasteiger partial charge in [0, 0.05) is 12.4 Å². The third-order valence-electron chi connectivity index (χ3n) is 1.16. The Morgan fingerprint density at radius 2 is 1.72 bits per heavy atom. The zero-order valence-corrected chi connectivity index (χ0v) is 10.4. The fraction of sp³-hybridized carbons (Fsp3) is 0. The van der Waals surface area contributed by atoms with Gasteiger partial charge in [-0.25, -0.2) is 9.13 Å². The molecule has 102 valence electrons. The minimum absolute atomic E-state index is 0.442. The number of rotatable bonds is 3. The summed E-state index contributed by atoms with van der Waals surface area (Å²) in [7, 11) is -10.1. The second-order valence-corrected chi connectivity index (χ2v) is 5.28. The molecule has 0 aliphatic rings. The standard InChI is InChI=1S/C6H6N2O.H4O7P2/c7-6(9)5-2-1-3-8-4-5;1-8(2,3)7-9(4,5)6/h1-4H,(H2,7,9);(H2,1,2,3)(H2,4,5,6). The van der Waals surface area contributed by atoms with Crippen molar-refractivity contribution in [1.82, 2.24) is 4.98 Å². The predicted octanol–water partition coefficient (Wildman–Crippen LogP) is -0.631. The van der Waals surface area contributed by atoms with E-state index in [4.69, 9.17) is 25.3 Å². The molecular weight excluding hydrogens is 290 g/mol. The number of hydrogen-bond acceptors (Lipinski definition) is 5. The molecule has 0 radical (unpaired) electrons. The molecule has 12 heteroatoms. The van der Waals surface area contributed by atoms with E-state index in [1.807, 2.05) is 0 Å². The summed E-state index contributed by atoms with van der Waals surface area (Å²) in [6.07, 6.45) is 3.02. The number of phosphoric acid groups is 2.